The molecule has 0 heterocycles. The number of fused-ring (bicyclic) bond motifs is 5. The number of carbonyl (C=O) groups is 1. The first-order valence-electron chi connectivity index (χ1n) is 17.2. The monoisotopic (exact) mass is 638 g/mol. The summed E-state index contributed by atoms with van der Waals surface area (Å²) in [7, 11) is 3.30. The number of rotatable bonds is 20. The molecule has 0 saturated heterocycles. The van der Waals surface area contributed by atoms with Gasteiger partial charge in [-0.3, -0.25) is 4.79 Å². The lowest BCUT2D eigenvalue weighted by molar-refractivity contribution is -0.127. The van der Waals surface area contributed by atoms with Crippen LogP contribution >= 0.6 is 0 Å². The van der Waals surface area contributed by atoms with Gasteiger partial charge in [-0.1, -0.05) is 56.2 Å². The summed E-state index contributed by atoms with van der Waals surface area (Å²) in [6.45, 7) is 6.50. The molecule has 3 aliphatic carbocycles. The predicted molar refractivity (Wildman–Crippen MR) is 176 cm³/mol. The van der Waals surface area contributed by atoms with E-state index in [2.05, 4.69) is 25.1 Å². The maximum Gasteiger partial charge on any atom is 0.188 e. The van der Waals surface area contributed by atoms with Crippen molar-refractivity contribution < 1.29 is 38.0 Å². The molecule has 0 N–H and O–H groups in total. The molecule has 0 spiro atoms. The summed E-state index contributed by atoms with van der Waals surface area (Å²) in [6, 6.07) is 16.3. The minimum Gasteiger partial charge on any atom is -0.468 e. The highest BCUT2D eigenvalue weighted by molar-refractivity contribution is 6.01. The highest BCUT2D eigenvalue weighted by atomic mass is 16.7. The van der Waals surface area contributed by atoms with Gasteiger partial charge in [-0.05, 0) is 85.0 Å². The predicted octanol–water partition coefficient (Wildman–Crippen LogP) is 7.19. The topological polar surface area (TPSA) is 81.7 Å². The van der Waals surface area contributed by atoms with Crippen LogP contribution in [0.3, 0.4) is 0 Å². The fourth-order valence-corrected chi connectivity index (χ4v) is 8.43. The molecule has 2 saturated carbocycles. The molecule has 2 fully saturated rings. The lowest BCUT2D eigenvalue weighted by Gasteiger charge is -2.53. The number of hydrogen-bond acceptors (Lipinski definition) is 8. The molecule has 46 heavy (non-hydrogen) atoms. The molecule has 0 aromatic heterocycles. The van der Waals surface area contributed by atoms with Gasteiger partial charge in [-0.2, -0.15) is 0 Å². The zero-order valence-corrected chi connectivity index (χ0v) is 28.1. The minimum absolute atomic E-state index is 0.0133. The highest BCUT2D eigenvalue weighted by Crippen LogP contribution is 2.63. The second-order valence-electron chi connectivity index (χ2n) is 13.4. The summed E-state index contributed by atoms with van der Waals surface area (Å²) in [6.07, 6.45) is 8.46. The summed E-state index contributed by atoms with van der Waals surface area (Å²) in [4.78, 5) is 14.3. The summed E-state index contributed by atoms with van der Waals surface area (Å²) < 4.78 is 39.5. The van der Waals surface area contributed by atoms with E-state index in [0.717, 1.165) is 56.9 Å². The number of Topliss-reactive ketones (excluding diaryl/α,β-unsaturated/α-hetero) is 1. The van der Waals surface area contributed by atoms with E-state index in [4.69, 9.17) is 33.2 Å². The molecule has 6 atom stereocenters. The normalized spacial score (nSPS) is 26.8. The van der Waals surface area contributed by atoms with Crippen LogP contribution in [0.2, 0.25) is 0 Å². The Morgan fingerprint density at radius 2 is 1.57 bits per heavy atom. The van der Waals surface area contributed by atoms with Crippen LogP contribution in [0.4, 0.5) is 0 Å². The Labute approximate surface area is 275 Å². The molecular weight excluding hydrogens is 584 g/mol. The molecule has 3 aliphatic rings. The molecule has 0 unspecified atom stereocenters. The van der Waals surface area contributed by atoms with E-state index in [9.17, 15) is 4.79 Å². The third kappa shape index (κ3) is 8.57. The molecule has 0 bridgehead atoms. The van der Waals surface area contributed by atoms with Gasteiger partial charge in [-0.15, -0.1) is 0 Å². The Kier molecular flexibility index (Phi) is 13.5. The van der Waals surface area contributed by atoms with Crippen LogP contribution in [0.1, 0.15) is 85.7 Å². The third-order valence-corrected chi connectivity index (χ3v) is 10.6. The number of ether oxygens (including phenoxy) is 7. The van der Waals surface area contributed by atoms with Crippen LogP contribution in [-0.4, -0.2) is 72.7 Å². The van der Waals surface area contributed by atoms with Crippen molar-refractivity contribution in [3.8, 4) is 5.75 Å². The van der Waals surface area contributed by atoms with Gasteiger partial charge in [0.05, 0.1) is 39.1 Å². The lowest BCUT2D eigenvalue weighted by Crippen LogP contribution is -2.49. The van der Waals surface area contributed by atoms with Crippen molar-refractivity contribution in [2.75, 3.05) is 60.8 Å². The number of hydrogen-bond donors (Lipinski definition) is 0. The second-order valence-corrected chi connectivity index (χ2v) is 13.4. The van der Waals surface area contributed by atoms with E-state index in [1.54, 1.807) is 14.2 Å². The maximum atomic E-state index is 14.3. The van der Waals surface area contributed by atoms with Crippen molar-refractivity contribution in [2.45, 2.75) is 76.9 Å². The van der Waals surface area contributed by atoms with Crippen LogP contribution < -0.4 is 4.74 Å². The van der Waals surface area contributed by atoms with Gasteiger partial charge in [0.15, 0.2) is 12.6 Å². The van der Waals surface area contributed by atoms with Crippen molar-refractivity contribution in [2.24, 2.45) is 23.2 Å². The van der Waals surface area contributed by atoms with Crippen LogP contribution in [0.5, 0.6) is 5.75 Å². The zero-order valence-electron chi connectivity index (χ0n) is 28.1. The zero-order chi connectivity index (χ0) is 32.2. The maximum absolute atomic E-state index is 14.3. The average molecular weight is 639 g/mol. The van der Waals surface area contributed by atoms with E-state index in [1.165, 1.54) is 11.1 Å². The second kappa shape index (κ2) is 17.7. The standard InChI is InChI=1S/C38H54O8/c1-38-18-17-31-30-14-13-29(45-26-40-2)24-33(30)37(39)32(36(31)34(38)15-16-35(38)46-27-41-3)12-8-5-9-19-42-20-21-43-22-23-44-25-28-10-6-4-7-11-28/h4,6-7,10-11,13-14,24,31-32,34-36H,5,8-9,12,15-23,25-27H2,1-3H3/t31-,32+,34+,35+,36+,38+/m1/s1. The molecule has 8 heteroatoms. The van der Waals surface area contributed by atoms with E-state index < -0.39 is 0 Å². The van der Waals surface area contributed by atoms with E-state index in [-0.39, 0.29) is 30.0 Å². The Morgan fingerprint density at radius 1 is 0.804 bits per heavy atom. The van der Waals surface area contributed by atoms with Gasteiger partial charge in [0.2, 0.25) is 0 Å². The van der Waals surface area contributed by atoms with E-state index >= 15 is 0 Å². The van der Waals surface area contributed by atoms with Crippen molar-refractivity contribution in [1.29, 1.82) is 0 Å². The molecule has 0 aliphatic heterocycles. The number of unbranched alkanes of at least 4 members (excludes halogenated alkanes) is 2. The molecule has 2 aromatic carbocycles. The van der Waals surface area contributed by atoms with E-state index in [1.807, 2.05) is 30.3 Å². The molecule has 0 amide bonds. The van der Waals surface area contributed by atoms with Crippen molar-refractivity contribution in [3.63, 3.8) is 0 Å². The Morgan fingerprint density at radius 3 is 2.35 bits per heavy atom. The lowest BCUT2D eigenvalue weighted by atomic mass is 9.51. The SMILES string of the molecule is COCOc1ccc2c(c1)C(=O)[C@@H](CCCCCOCCOCCOCc1ccccc1)[C@@H]1[C@@H]2CC[C@]2(C)[C@@H](OCOC)CC[C@@H]12. The first-order valence-corrected chi connectivity index (χ1v) is 17.2. The van der Waals surface area contributed by atoms with Crippen LogP contribution in [0.25, 0.3) is 0 Å². The highest BCUT2D eigenvalue weighted by Gasteiger charge is 2.58. The van der Waals surface area contributed by atoms with Gasteiger partial charge in [0.1, 0.15) is 12.5 Å². The molecule has 2 aromatic rings. The molecule has 254 valence electrons. The van der Waals surface area contributed by atoms with Gasteiger partial charge in [0, 0.05) is 32.3 Å². The number of methoxy groups -OCH3 is 2. The van der Waals surface area contributed by atoms with Crippen LogP contribution in [-0.2, 0) is 35.0 Å². The van der Waals surface area contributed by atoms with Crippen LogP contribution in [0, 0.1) is 23.2 Å². The van der Waals surface area contributed by atoms with Gasteiger partial charge in [0.25, 0.3) is 0 Å². The molecule has 0 radical (unpaired) electrons. The quantitative estimate of drug-likeness (QED) is 0.111. The average Bonchev–Trinajstić information content (AvgIpc) is 3.42. The third-order valence-electron chi connectivity index (χ3n) is 10.6. The van der Waals surface area contributed by atoms with Gasteiger partial charge in [-0.25, -0.2) is 0 Å². The molecule has 5 rings (SSSR count). The Hall–Kier alpha value is -2.33. The first-order chi connectivity index (χ1) is 22.6. The first kappa shape index (κ1) is 35.0. The van der Waals surface area contributed by atoms with Gasteiger partial charge < -0.3 is 33.2 Å². The number of carbonyl (C=O) groups excluding carboxylic acids is 1. The van der Waals surface area contributed by atoms with Gasteiger partial charge >= 0.3 is 0 Å². The summed E-state index contributed by atoms with van der Waals surface area (Å²) in [5, 5.41) is 0. The van der Waals surface area contributed by atoms with Crippen molar-refractivity contribution in [3.05, 3.63) is 65.2 Å². The number of benzene rings is 2. The van der Waals surface area contributed by atoms with Crippen LogP contribution in [0.15, 0.2) is 48.5 Å². The van der Waals surface area contributed by atoms with Crippen molar-refractivity contribution >= 4 is 5.78 Å². The number of ketones is 1. The van der Waals surface area contributed by atoms with E-state index in [0.29, 0.717) is 69.9 Å². The molecular formula is C38H54O8. The summed E-state index contributed by atoms with van der Waals surface area (Å²) >= 11 is 0. The summed E-state index contributed by atoms with van der Waals surface area (Å²) in [5.41, 5.74) is 3.29. The Bertz CT molecular complexity index is 1200. The fraction of sp³-hybridized carbons (Fsp3) is 0.658. The Balaban J connectivity index is 1.09. The largest absolute Gasteiger partial charge is 0.468 e. The molecule has 8 nitrogen and oxygen atoms in total. The minimum atomic E-state index is 0.0133. The van der Waals surface area contributed by atoms with Crippen molar-refractivity contribution in [1.82, 2.24) is 0 Å². The fourth-order valence-electron chi connectivity index (χ4n) is 8.43. The summed E-state index contributed by atoms with van der Waals surface area (Å²) in [5.74, 6) is 2.18. The smallest absolute Gasteiger partial charge is 0.188 e.